The van der Waals surface area contributed by atoms with Crippen LogP contribution in [0, 0.1) is 5.92 Å². The van der Waals surface area contributed by atoms with Crippen LogP contribution in [0.5, 0.6) is 0 Å². The van der Waals surface area contributed by atoms with Crippen molar-refractivity contribution >= 4 is 28.3 Å². The molecular weight excluding hydrogens is 420 g/mol. The topological polar surface area (TPSA) is 75.2 Å². The molecule has 1 fully saturated rings. The second-order valence-corrected chi connectivity index (χ2v) is 9.38. The fraction of sp³-hybridized carbons (Fsp3) is 0.360. The maximum Gasteiger partial charge on any atom is 0.253 e. The number of thiazole rings is 1. The predicted molar refractivity (Wildman–Crippen MR) is 126 cm³/mol. The summed E-state index contributed by atoms with van der Waals surface area (Å²) in [5.74, 6) is -0.110. The Labute approximate surface area is 191 Å². The molecule has 0 spiro atoms. The number of carbonyl (C=O) groups is 2. The smallest absolute Gasteiger partial charge is 0.253 e. The lowest BCUT2D eigenvalue weighted by Gasteiger charge is -2.31. The zero-order chi connectivity index (χ0) is 21.9. The summed E-state index contributed by atoms with van der Waals surface area (Å²) >= 11 is 1.46. The van der Waals surface area contributed by atoms with Crippen LogP contribution in [0.3, 0.4) is 0 Å². The molecule has 2 aromatic heterocycles. The summed E-state index contributed by atoms with van der Waals surface area (Å²) in [6.07, 6.45) is 9.40. The van der Waals surface area contributed by atoms with Gasteiger partial charge in [0.1, 0.15) is 0 Å². The number of pyridine rings is 1. The molecule has 2 amide bonds. The first kappa shape index (κ1) is 20.8. The molecule has 0 bridgehead atoms. The van der Waals surface area contributed by atoms with Gasteiger partial charge in [-0.25, -0.2) is 4.98 Å². The summed E-state index contributed by atoms with van der Waals surface area (Å²) < 4.78 is 0. The van der Waals surface area contributed by atoms with E-state index < -0.39 is 0 Å². The van der Waals surface area contributed by atoms with Gasteiger partial charge in [-0.15, -0.1) is 11.3 Å². The first-order chi connectivity index (χ1) is 15.7. The number of carbonyl (C=O) groups excluding carboxylic acids is 2. The van der Waals surface area contributed by atoms with Crippen LogP contribution >= 0.6 is 11.3 Å². The van der Waals surface area contributed by atoms with Gasteiger partial charge in [0.05, 0.1) is 5.69 Å². The number of nitrogens with zero attached hydrogens (tertiary/aromatic N) is 3. The van der Waals surface area contributed by atoms with Gasteiger partial charge in [0.25, 0.3) is 5.91 Å². The van der Waals surface area contributed by atoms with Crippen LogP contribution in [0.25, 0.3) is 11.3 Å². The fourth-order valence-corrected chi connectivity index (χ4v) is 5.31. The SMILES string of the molecule is O=C(Nc1nc(-c2ccc3c(c2)CCCC3)cs1)C1CCN(C(=O)c2ccncc2)CC1. The van der Waals surface area contributed by atoms with Crippen molar-refractivity contribution in [3.63, 3.8) is 0 Å². The number of aromatic nitrogens is 2. The maximum atomic E-state index is 12.8. The number of aryl methyl sites for hydroxylation is 2. The first-order valence-corrected chi connectivity index (χ1v) is 12.1. The predicted octanol–water partition coefficient (Wildman–Crippen LogP) is 4.57. The minimum atomic E-state index is -0.104. The molecule has 32 heavy (non-hydrogen) atoms. The van der Waals surface area contributed by atoms with Gasteiger partial charge in [0, 0.05) is 47.9 Å². The molecule has 1 N–H and O–H groups in total. The van der Waals surface area contributed by atoms with E-state index in [4.69, 9.17) is 0 Å². The lowest BCUT2D eigenvalue weighted by Crippen LogP contribution is -2.41. The number of rotatable bonds is 4. The normalized spacial score (nSPS) is 16.4. The molecule has 3 heterocycles. The van der Waals surface area contributed by atoms with Crippen LogP contribution in [0.2, 0.25) is 0 Å². The molecule has 1 aliphatic carbocycles. The molecular formula is C25H26N4O2S. The zero-order valence-electron chi connectivity index (χ0n) is 17.9. The summed E-state index contributed by atoms with van der Waals surface area (Å²) in [6.45, 7) is 1.16. The van der Waals surface area contributed by atoms with E-state index in [0.29, 0.717) is 36.6 Å². The Morgan fingerprint density at radius 1 is 1.00 bits per heavy atom. The van der Waals surface area contributed by atoms with E-state index in [1.807, 2.05) is 10.3 Å². The van der Waals surface area contributed by atoms with Crippen molar-refractivity contribution in [2.24, 2.45) is 5.92 Å². The second kappa shape index (κ2) is 9.20. The standard InChI is InChI=1S/C25H26N4O2S/c30-23(18-9-13-29(14-10-18)24(31)19-7-11-26-12-8-19)28-25-27-22(16-32-25)21-6-5-17-3-1-2-4-20(17)15-21/h5-8,11-12,15-16,18H,1-4,9-10,13-14H2,(H,27,28,30). The first-order valence-electron chi connectivity index (χ1n) is 11.3. The van der Waals surface area contributed by atoms with Crippen LogP contribution in [-0.2, 0) is 17.6 Å². The summed E-state index contributed by atoms with van der Waals surface area (Å²) in [5, 5.41) is 5.64. The highest BCUT2D eigenvalue weighted by Gasteiger charge is 2.28. The van der Waals surface area contributed by atoms with Gasteiger partial charge in [-0.1, -0.05) is 12.1 Å². The Balaban J connectivity index is 1.18. The van der Waals surface area contributed by atoms with E-state index in [-0.39, 0.29) is 17.7 Å². The lowest BCUT2D eigenvalue weighted by atomic mass is 9.90. The quantitative estimate of drug-likeness (QED) is 0.637. The molecule has 5 rings (SSSR count). The van der Waals surface area contributed by atoms with Crippen molar-refractivity contribution in [1.82, 2.24) is 14.9 Å². The van der Waals surface area contributed by atoms with Crippen LogP contribution in [-0.4, -0.2) is 39.8 Å². The average Bonchev–Trinajstić information content (AvgIpc) is 3.32. The molecule has 164 valence electrons. The highest BCUT2D eigenvalue weighted by molar-refractivity contribution is 7.14. The van der Waals surface area contributed by atoms with E-state index in [2.05, 4.69) is 33.5 Å². The molecule has 6 nitrogen and oxygen atoms in total. The van der Waals surface area contributed by atoms with E-state index in [1.54, 1.807) is 24.5 Å². The van der Waals surface area contributed by atoms with Gasteiger partial charge in [-0.3, -0.25) is 14.6 Å². The van der Waals surface area contributed by atoms with E-state index in [0.717, 1.165) is 17.7 Å². The highest BCUT2D eigenvalue weighted by Crippen LogP contribution is 2.30. The van der Waals surface area contributed by atoms with Crippen molar-refractivity contribution in [3.8, 4) is 11.3 Å². The number of piperidine rings is 1. The van der Waals surface area contributed by atoms with E-state index in [1.165, 1.54) is 41.7 Å². The number of hydrogen-bond acceptors (Lipinski definition) is 5. The highest BCUT2D eigenvalue weighted by atomic mass is 32.1. The monoisotopic (exact) mass is 446 g/mol. The molecule has 0 atom stereocenters. The molecule has 0 radical (unpaired) electrons. The van der Waals surface area contributed by atoms with Crippen LogP contribution < -0.4 is 5.32 Å². The zero-order valence-corrected chi connectivity index (χ0v) is 18.7. The molecule has 0 unspecified atom stereocenters. The molecule has 7 heteroatoms. The molecule has 0 saturated carbocycles. The Bertz CT molecular complexity index is 1120. The number of likely N-dealkylation sites (tertiary alicyclic amines) is 1. The number of amides is 2. The maximum absolute atomic E-state index is 12.8. The average molecular weight is 447 g/mol. The third-order valence-corrected chi connectivity index (χ3v) is 7.22. The number of benzene rings is 1. The molecule has 3 aromatic rings. The molecule has 1 aliphatic heterocycles. The van der Waals surface area contributed by atoms with Gasteiger partial charge >= 0.3 is 0 Å². The van der Waals surface area contributed by atoms with Crippen molar-refractivity contribution in [2.45, 2.75) is 38.5 Å². The van der Waals surface area contributed by atoms with Crippen LogP contribution in [0.15, 0.2) is 48.1 Å². The fourth-order valence-electron chi connectivity index (χ4n) is 4.59. The summed E-state index contributed by atoms with van der Waals surface area (Å²) in [7, 11) is 0. The Kier molecular flexibility index (Phi) is 5.99. The second-order valence-electron chi connectivity index (χ2n) is 8.52. The third-order valence-electron chi connectivity index (χ3n) is 6.46. The van der Waals surface area contributed by atoms with Crippen LogP contribution in [0.4, 0.5) is 5.13 Å². The number of hydrogen-bond donors (Lipinski definition) is 1. The minimum absolute atomic E-state index is 0.000808. The third kappa shape index (κ3) is 4.43. The van der Waals surface area contributed by atoms with Gasteiger partial charge in [-0.2, -0.15) is 0 Å². The van der Waals surface area contributed by atoms with Crippen LogP contribution in [0.1, 0.15) is 47.2 Å². The molecule has 1 aromatic carbocycles. The van der Waals surface area contributed by atoms with E-state index in [9.17, 15) is 9.59 Å². The Morgan fingerprint density at radius 3 is 2.53 bits per heavy atom. The molecule has 2 aliphatic rings. The minimum Gasteiger partial charge on any atom is -0.339 e. The summed E-state index contributed by atoms with van der Waals surface area (Å²) in [6, 6.07) is 10.1. The van der Waals surface area contributed by atoms with Gasteiger partial charge in [0.2, 0.25) is 5.91 Å². The van der Waals surface area contributed by atoms with Gasteiger partial charge in [-0.05, 0) is 67.9 Å². The number of nitrogens with one attached hydrogen (secondary N) is 1. The van der Waals surface area contributed by atoms with Gasteiger partial charge < -0.3 is 10.2 Å². The number of anilines is 1. The summed E-state index contributed by atoms with van der Waals surface area (Å²) in [4.78, 5) is 35.8. The number of fused-ring (bicyclic) bond motifs is 1. The summed E-state index contributed by atoms with van der Waals surface area (Å²) in [5.41, 5.74) is 5.56. The Morgan fingerprint density at radius 2 is 1.75 bits per heavy atom. The van der Waals surface area contributed by atoms with Crippen molar-refractivity contribution in [1.29, 1.82) is 0 Å². The largest absolute Gasteiger partial charge is 0.339 e. The molecule has 1 saturated heterocycles. The van der Waals surface area contributed by atoms with Crippen molar-refractivity contribution in [3.05, 3.63) is 64.8 Å². The van der Waals surface area contributed by atoms with Gasteiger partial charge in [0.15, 0.2) is 5.13 Å². The van der Waals surface area contributed by atoms with E-state index >= 15 is 0 Å². The van der Waals surface area contributed by atoms with Crippen molar-refractivity contribution < 1.29 is 9.59 Å². The lowest BCUT2D eigenvalue weighted by molar-refractivity contribution is -0.121. The van der Waals surface area contributed by atoms with Crippen molar-refractivity contribution in [2.75, 3.05) is 18.4 Å². The Hall–Kier alpha value is -3.06.